The molecule has 3 aromatic rings. The van der Waals surface area contributed by atoms with Crippen LogP contribution in [0.25, 0.3) is 0 Å². The van der Waals surface area contributed by atoms with Crippen molar-refractivity contribution in [3.8, 4) is 0 Å². The summed E-state index contributed by atoms with van der Waals surface area (Å²) in [6.07, 6.45) is 6.31. The maximum Gasteiger partial charge on any atom is 0.356 e. The van der Waals surface area contributed by atoms with Crippen molar-refractivity contribution in [1.82, 2.24) is 8.96 Å². The number of nitrogens with zero attached hydrogens (tertiary/aromatic N) is 1. The number of carbonyl (C=O) groups excluding carboxylic acids is 4. The Morgan fingerprint density at radius 2 is 1.12 bits per heavy atom. The van der Waals surface area contributed by atoms with Crippen molar-refractivity contribution >= 4 is 42.2 Å². The number of esters is 4. The lowest BCUT2D eigenvalue weighted by molar-refractivity contribution is -0.173. The van der Waals surface area contributed by atoms with E-state index in [2.05, 4.69) is 31.8 Å². The van der Waals surface area contributed by atoms with Crippen LogP contribution in [-0.2, 0) is 80.9 Å². The second-order valence-corrected chi connectivity index (χ2v) is 34.6. The third-order valence-electron chi connectivity index (χ3n) is 22.7. The Morgan fingerprint density at radius 3 is 1.59 bits per heavy atom. The second-order valence-electron chi connectivity index (χ2n) is 28.1. The molecule has 2 saturated heterocycles. The van der Waals surface area contributed by atoms with Gasteiger partial charge in [0.15, 0.2) is 8.32 Å². The number of hydrogen-bond donors (Lipinski definition) is 4. The summed E-state index contributed by atoms with van der Waals surface area (Å²) < 4.78 is 108. The van der Waals surface area contributed by atoms with Crippen LogP contribution in [0.4, 0.5) is 0 Å². The van der Waals surface area contributed by atoms with E-state index in [1.807, 2.05) is 65.0 Å². The van der Waals surface area contributed by atoms with Gasteiger partial charge in [-0.15, -0.1) is 0 Å². The van der Waals surface area contributed by atoms with Gasteiger partial charge in [-0.1, -0.05) is 88.8 Å². The van der Waals surface area contributed by atoms with Crippen LogP contribution in [0.2, 0.25) is 18.1 Å². The lowest BCUT2D eigenvalue weighted by atomic mass is 9.56. The van der Waals surface area contributed by atoms with Crippen molar-refractivity contribution < 1.29 is 104 Å². The molecule has 2 spiro atoms. The monoisotopic (exact) mass is 1420 g/mol. The van der Waals surface area contributed by atoms with Crippen LogP contribution >= 0.6 is 0 Å². The first-order valence-corrected chi connectivity index (χ1v) is 38.6. The van der Waals surface area contributed by atoms with Crippen LogP contribution in [0.1, 0.15) is 75.0 Å². The van der Waals surface area contributed by atoms with Crippen LogP contribution in [0.3, 0.4) is 0 Å². The topological polar surface area (TPSA) is 304 Å². The van der Waals surface area contributed by atoms with Crippen LogP contribution in [0.5, 0.6) is 0 Å². The van der Waals surface area contributed by atoms with Gasteiger partial charge in [-0.2, -0.15) is 0 Å². The Labute approximate surface area is 582 Å². The summed E-state index contributed by atoms with van der Waals surface area (Å²) in [7, 11) is 2.85. The fraction of sp³-hybridized carbons (Fsp3) is 0.644. The van der Waals surface area contributed by atoms with Crippen molar-refractivity contribution in [2.45, 2.75) is 151 Å². The lowest BCUT2D eigenvalue weighted by Crippen LogP contribution is -2.59. The van der Waals surface area contributed by atoms with Crippen LogP contribution < -0.4 is 0 Å². The molecule has 2 saturated carbocycles. The zero-order valence-electron chi connectivity index (χ0n) is 59.3. The Morgan fingerprint density at radius 1 is 0.636 bits per heavy atom. The third kappa shape index (κ3) is 13.8. The predicted octanol–water partition coefficient (Wildman–Crippen LogP) is 7.07. The highest BCUT2D eigenvalue weighted by Gasteiger charge is 2.73. The summed E-state index contributed by atoms with van der Waals surface area (Å²) in [5.74, 6) is -9.08. The predicted molar refractivity (Wildman–Crippen MR) is 363 cm³/mol. The number of H-pyrrole nitrogens is 1. The quantitative estimate of drug-likeness (QED) is 0.0285. The molecule has 0 unspecified atom stereocenters. The van der Waals surface area contributed by atoms with Crippen LogP contribution in [0.15, 0.2) is 113 Å². The van der Waals surface area contributed by atoms with E-state index in [1.54, 1.807) is 44.7 Å². The van der Waals surface area contributed by atoms with E-state index in [4.69, 9.17) is 61.3 Å². The number of hydrogen-bond acceptors (Lipinski definition) is 22. The molecule has 0 amide bonds. The number of benzene rings is 1. The molecule has 4 aliphatic carbocycles. The van der Waals surface area contributed by atoms with E-state index in [9.17, 15) is 42.9 Å². The summed E-state index contributed by atoms with van der Waals surface area (Å²) in [6, 6.07) is 15.3. The number of aromatic nitrogens is 2. The van der Waals surface area contributed by atoms with E-state index in [-0.39, 0.29) is 62.1 Å². The smallest absolute Gasteiger partial charge is 0.356 e. The number of cyclic esters (lactones) is 2. The highest BCUT2D eigenvalue weighted by atomic mass is 32.2. The molecule has 4 N–H and O–H groups in total. The summed E-state index contributed by atoms with van der Waals surface area (Å²) in [4.78, 5) is 58.5. The van der Waals surface area contributed by atoms with Gasteiger partial charge >= 0.3 is 23.9 Å². The number of rotatable bonds is 25. The molecule has 99 heavy (non-hydrogen) atoms. The van der Waals surface area contributed by atoms with E-state index in [1.165, 1.54) is 58.9 Å². The number of aliphatic hydroxyl groups is 3. The first-order chi connectivity index (χ1) is 47.4. The first-order valence-electron chi connectivity index (χ1n) is 34.6. The largest absolute Gasteiger partial charge is 0.459 e. The fourth-order valence-corrected chi connectivity index (χ4v) is 22.0. The van der Waals surface area contributed by atoms with Gasteiger partial charge < -0.3 is 81.6 Å². The number of methoxy groups -OCH3 is 6. The number of carbonyl (C=O) groups is 4. The van der Waals surface area contributed by atoms with Gasteiger partial charge in [0.2, 0.25) is 0 Å². The minimum Gasteiger partial charge on any atom is -0.459 e. The molecule has 24 atom stereocenters. The minimum atomic E-state index is -4.15. The molecule has 4 aliphatic heterocycles. The van der Waals surface area contributed by atoms with Gasteiger partial charge in [-0.3, -0.25) is 9.59 Å². The molecule has 0 radical (unpaired) electrons. The highest BCUT2D eigenvalue weighted by molar-refractivity contribution is 7.90. The van der Waals surface area contributed by atoms with Crippen molar-refractivity contribution in [2.24, 2.45) is 71.0 Å². The second kappa shape index (κ2) is 31.5. The first kappa shape index (κ1) is 76.0. The molecule has 24 nitrogen and oxygen atoms in total. The van der Waals surface area contributed by atoms with Gasteiger partial charge in [0.25, 0.3) is 10.0 Å². The van der Waals surface area contributed by atoms with Crippen molar-refractivity contribution in [3.63, 3.8) is 0 Å². The van der Waals surface area contributed by atoms with Gasteiger partial charge in [-0.25, -0.2) is 22.0 Å². The molecular weight excluding hydrogens is 1320 g/mol. The maximum absolute atomic E-state index is 14.6. The number of aryl methyl sites for hydroxylation is 1. The zero-order valence-corrected chi connectivity index (χ0v) is 61.1. The van der Waals surface area contributed by atoms with Gasteiger partial charge in [-0.05, 0) is 86.4 Å². The van der Waals surface area contributed by atoms with E-state index in [0.29, 0.717) is 5.69 Å². The molecule has 1 aromatic carbocycles. The van der Waals surface area contributed by atoms with Crippen molar-refractivity contribution in [1.29, 1.82) is 0 Å². The standard InChI is InChI=1S/C43H61NO12SSi.C30H41NO10/c1-10-58(11-2,12-3)56-35(25-52-9)38-27(5)22-28(6)43-33(31(23-50-7)41(46)53-38)20-19-30-36(43)37(45)32(24-51-8)39(40(30)55-43)54-42(47)34-14-13-21-44(34)57(48,49)29-17-15-26(4)16-18-29;1-15-11-16(2)30-20(18(12-36-3)28(34)39-25(15)22(32)14-38-5)9-8-17-23(30)24(33)19(13-37-4)26(27(17)41-30)40-29(35)21-7-6-10-31-21/h13-22,27,30-33,35-40,45H,10-12,23-25H2,1-9H3;6-11,15,17-20,22-27,31-33H,12-14H2,1-5H3/b28-22+;16-11+/t27-,30-,31-,32-,33-,35-,36+,37-,38+,39-,40-,43+;15-,17-,18-,19-,20-,22-,23+,24-,25+,26-,27-,30+/m11/s1. The van der Waals surface area contributed by atoms with Crippen LogP contribution in [0, 0.1) is 77.9 Å². The molecular formula is C73H102N2O22SSi. The zero-order chi connectivity index (χ0) is 71.6. The Hall–Kier alpha value is -5.69. The minimum absolute atomic E-state index is 0.00681. The Balaban J connectivity index is 0.000000227. The molecule has 4 fully saturated rings. The number of ether oxygens (including phenoxy) is 12. The Kier molecular flexibility index (Phi) is 24.2. The molecule has 546 valence electrons. The summed E-state index contributed by atoms with van der Waals surface area (Å²) in [6.45, 7) is 16.5. The van der Waals surface area contributed by atoms with Crippen LogP contribution in [-0.4, -0.2) is 219 Å². The molecule has 6 heterocycles. The lowest BCUT2D eigenvalue weighted by Gasteiger charge is -2.49. The average molecular weight is 1420 g/mol. The fourth-order valence-electron chi connectivity index (χ4n) is 17.8. The summed E-state index contributed by atoms with van der Waals surface area (Å²) in [5.41, 5.74) is 0.233. The van der Waals surface area contributed by atoms with E-state index >= 15 is 0 Å². The summed E-state index contributed by atoms with van der Waals surface area (Å²) in [5, 5.41) is 35.4. The Bertz CT molecular complexity index is 3530. The molecule has 8 aliphatic rings. The van der Waals surface area contributed by atoms with Gasteiger partial charge in [0.1, 0.15) is 71.4 Å². The van der Waals surface area contributed by atoms with Gasteiger partial charge in [0.05, 0.1) is 68.6 Å². The SMILES string of the molecule is CC[Si](CC)(CC)O[C@H](COC)[C@H]1OC(=O)[C@H](COC)[C@H]2C=C[C@H]3[C@H]4O[C@]2(/C(C)=C/[C@H]1C)[C@@H]3[C@H](O)[C@@H](COC)[C@H]4OC(=O)c1cccn1S(=O)(=O)c1ccc(C)cc1.COC[C@@H]1[C@@H](O)[C@@H]2[C@H]3C=C[C@@H]4[C@@H](COC)C(=O)O[C@H]([C@H](O)COC)[C@H](C)/C=C(\C)[C@@]24O[C@H]3[C@@H]1OC(=O)c1ccc[nH]1. The number of nitrogens with one attached hydrogen (secondary N) is 1. The van der Waals surface area contributed by atoms with Gasteiger partial charge in [0, 0.05) is 114 Å². The molecule has 26 heteroatoms. The molecule has 11 rings (SSSR count). The molecule has 2 aromatic heterocycles. The van der Waals surface area contributed by atoms with Crippen molar-refractivity contribution in [3.05, 3.63) is 125 Å². The third-order valence-corrected chi connectivity index (χ3v) is 29.0. The number of aromatic amines is 1. The normalized spacial score (nSPS) is 36.9. The van der Waals surface area contributed by atoms with E-state index < -0.39 is 174 Å². The maximum atomic E-state index is 14.6. The highest BCUT2D eigenvalue weighted by Crippen LogP contribution is 2.64. The number of aliphatic hydroxyl groups excluding tert-OH is 3. The van der Waals surface area contributed by atoms with Crippen molar-refractivity contribution in [2.75, 3.05) is 82.3 Å². The van der Waals surface area contributed by atoms with E-state index in [0.717, 1.165) is 38.8 Å². The summed E-state index contributed by atoms with van der Waals surface area (Å²) >= 11 is 0. The molecule has 8 bridgehead atoms. The average Bonchev–Trinajstić information content (AvgIpc) is 1.54.